The molecule has 4 fully saturated rings. The van der Waals surface area contributed by atoms with Gasteiger partial charge in [-0.2, -0.15) is 0 Å². The van der Waals surface area contributed by atoms with E-state index in [1.54, 1.807) is 0 Å². The van der Waals surface area contributed by atoms with Crippen LogP contribution < -0.4 is 0 Å². The Morgan fingerprint density at radius 3 is 3.00 bits per heavy atom. The number of hydrogen-bond acceptors (Lipinski definition) is 2. The van der Waals surface area contributed by atoms with Crippen molar-refractivity contribution < 1.29 is 9.53 Å². The minimum atomic E-state index is 0.0915. The third-order valence-electron chi connectivity index (χ3n) is 3.69. The highest BCUT2D eigenvalue weighted by atomic mass is 127. The number of esters is 1. The summed E-state index contributed by atoms with van der Waals surface area (Å²) in [5, 5.41) is 0. The smallest absolute Gasteiger partial charge is 0.309 e. The average molecular weight is 278 g/mol. The summed E-state index contributed by atoms with van der Waals surface area (Å²) in [5.41, 5.74) is 0. The molecular weight excluding hydrogens is 267 g/mol. The molecule has 4 rings (SSSR count). The van der Waals surface area contributed by atoms with Crippen LogP contribution in [0.2, 0.25) is 0 Å². The lowest BCUT2D eigenvalue weighted by atomic mass is 9.65. The molecule has 1 heterocycles. The second-order valence-corrected chi connectivity index (χ2v) is 5.63. The van der Waals surface area contributed by atoms with E-state index >= 15 is 0 Å². The van der Waals surface area contributed by atoms with Gasteiger partial charge in [0.05, 0.1) is 9.84 Å². The summed E-state index contributed by atoms with van der Waals surface area (Å²) < 4.78 is 5.99. The topological polar surface area (TPSA) is 26.3 Å². The van der Waals surface area contributed by atoms with E-state index in [2.05, 4.69) is 22.6 Å². The van der Waals surface area contributed by atoms with Gasteiger partial charge in [0.2, 0.25) is 0 Å². The lowest BCUT2D eigenvalue weighted by Gasteiger charge is -2.42. The number of ether oxygens (including phenoxy) is 1. The van der Waals surface area contributed by atoms with Crippen LogP contribution in [0.1, 0.15) is 19.3 Å². The molecular formula is C9H11IO2. The second-order valence-electron chi connectivity index (χ2n) is 4.19. The van der Waals surface area contributed by atoms with Crippen molar-refractivity contribution in [2.45, 2.75) is 29.3 Å². The van der Waals surface area contributed by atoms with Crippen molar-refractivity contribution in [2.75, 3.05) is 0 Å². The number of rotatable bonds is 0. The monoisotopic (exact) mass is 278 g/mol. The Bertz CT molecular complexity index is 241. The summed E-state index contributed by atoms with van der Waals surface area (Å²) in [6.07, 6.45) is 3.93. The number of halogens is 1. The fourth-order valence-corrected chi connectivity index (χ4v) is 4.39. The zero-order chi connectivity index (χ0) is 8.29. The molecule has 1 aliphatic heterocycles. The molecule has 4 aliphatic rings. The third-order valence-corrected chi connectivity index (χ3v) is 5.41. The predicted octanol–water partition coefficient (Wildman–Crippen LogP) is 1.76. The van der Waals surface area contributed by atoms with E-state index in [0.717, 1.165) is 12.3 Å². The molecule has 0 aromatic carbocycles. The first kappa shape index (κ1) is 7.59. The van der Waals surface area contributed by atoms with Crippen LogP contribution in [-0.2, 0) is 9.53 Å². The Kier molecular flexibility index (Phi) is 1.50. The summed E-state index contributed by atoms with van der Waals surface area (Å²) in [6.45, 7) is 0. The van der Waals surface area contributed by atoms with Gasteiger partial charge in [0.25, 0.3) is 0 Å². The molecule has 0 N–H and O–H groups in total. The van der Waals surface area contributed by atoms with Gasteiger partial charge in [-0.1, -0.05) is 22.6 Å². The summed E-state index contributed by atoms with van der Waals surface area (Å²) in [5.74, 6) is 1.70. The number of hydrogen-bond donors (Lipinski definition) is 0. The van der Waals surface area contributed by atoms with Gasteiger partial charge in [-0.15, -0.1) is 0 Å². The second kappa shape index (κ2) is 2.36. The van der Waals surface area contributed by atoms with Gasteiger partial charge in [-0.05, 0) is 25.2 Å². The molecule has 4 bridgehead atoms. The average Bonchev–Trinajstić information content (AvgIpc) is 2.37. The van der Waals surface area contributed by atoms with E-state index in [4.69, 9.17) is 4.74 Å². The molecule has 3 saturated carbocycles. The van der Waals surface area contributed by atoms with Crippen LogP contribution in [0.15, 0.2) is 0 Å². The van der Waals surface area contributed by atoms with Crippen LogP contribution in [0.4, 0.5) is 0 Å². The summed E-state index contributed by atoms with van der Waals surface area (Å²) in [4.78, 5) is 11.4. The molecule has 0 amide bonds. The molecule has 0 spiro atoms. The molecule has 0 radical (unpaired) electrons. The predicted molar refractivity (Wildman–Crippen MR) is 52.0 cm³/mol. The normalized spacial score (nSPS) is 55.8. The molecule has 66 valence electrons. The van der Waals surface area contributed by atoms with E-state index in [0.29, 0.717) is 9.84 Å². The molecule has 3 aliphatic carbocycles. The van der Waals surface area contributed by atoms with Crippen molar-refractivity contribution in [1.82, 2.24) is 0 Å². The van der Waals surface area contributed by atoms with Crippen molar-refractivity contribution in [1.29, 1.82) is 0 Å². The number of carbonyl (C=O) groups is 1. The molecule has 0 aromatic heterocycles. The maximum absolute atomic E-state index is 11.4. The molecule has 5 atom stereocenters. The zero-order valence-electron chi connectivity index (χ0n) is 6.70. The van der Waals surface area contributed by atoms with Gasteiger partial charge in [0.1, 0.15) is 6.10 Å². The molecule has 12 heavy (non-hydrogen) atoms. The van der Waals surface area contributed by atoms with Crippen LogP contribution >= 0.6 is 22.6 Å². The quantitative estimate of drug-likeness (QED) is 0.383. The Hall–Kier alpha value is 0.200. The molecule has 0 aromatic rings. The van der Waals surface area contributed by atoms with Crippen molar-refractivity contribution in [2.24, 2.45) is 17.8 Å². The van der Waals surface area contributed by atoms with Crippen LogP contribution in [0.3, 0.4) is 0 Å². The lowest BCUT2D eigenvalue weighted by Crippen LogP contribution is -2.44. The Labute approximate surface area is 85.2 Å². The number of carbonyl (C=O) groups excluding carboxylic acids is 1. The van der Waals surface area contributed by atoms with E-state index in [9.17, 15) is 4.79 Å². The minimum Gasteiger partial charge on any atom is -0.461 e. The summed E-state index contributed by atoms with van der Waals surface area (Å²) in [6, 6.07) is 0. The van der Waals surface area contributed by atoms with Crippen LogP contribution in [0.25, 0.3) is 0 Å². The van der Waals surface area contributed by atoms with Crippen molar-refractivity contribution in [3.05, 3.63) is 0 Å². The number of fused-ring (bicyclic) bond motifs is 1. The molecule has 2 nitrogen and oxygen atoms in total. The van der Waals surface area contributed by atoms with Crippen LogP contribution in [-0.4, -0.2) is 16.0 Å². The first-order chi connectivity index (χ1) is 5.77. The first-order valence-corrected chi connectivity index (χ1v) is 5.86. The van der Waals surface area contributed by atoms with Gasteiger partial charge in [-0.25, -0.2) is 0 Å². The van der Waals surface area contributed by atoms with Crippen molar-refractivity contribution >= 4 is 28.6 Å². The molecule has 3 heteroatoms. The largest absolute Gasteiger partial charge is 0.461 e. The lowest BCUT2D eigenvalue weighted by molar-refractivity contribution is -0.143. The maximum atomic E-state index is 11.4. The Morgan fingerprint density at radius 2 is 2.25 bits per heavy atom. The van der Waals surface area contributed by atoms with Crippen LogP contribution in [0, 0.1) is 17.8 Å². The van der Waals surface area contributed by atoms with Crippen molar-refractivity contribution in [3.8, 4) is 0 Å². The van der Waals surface area contributed by atoms with E-state index < -0.39 is 0 Å². The van der Waals surface area contributed by atoms with Gasteiger partial charge in [0, 0.05) is 5.92 Å². The zero-order valence-corrected chi connectivity index (χ0v) is 8.86. The highest BCUT2D eigenvalue weighted by Crippen LogP contribution is 2.53. The summed E-state index contributed by atoms with van der Waals surface area (Å²) >= 11 is 2.47. The highest BCUT2D eigenvalue weighted by molar-refractivity contribution is 14.1. The fraction of sp³-hybridized carbons (Fsp3) is 0.889. The summed E-state index contributed by atoms with van der Waals surface area (Å²) in [7, 11) is 0. The van der Waals surface area contributed by atoms with Gasteiger partial charge < -0.3 is 4.74 Å². The van der Waals surface area contributed by atoms with E-state index in [1.165, 1.54) is 12.8 Å². The van der Waals surface area contributed by atoms with Gasteiger partial charge in [-0.3, -0.25) is 4.79 Å². The van der Waals surface area contributed by atoms with Crippen molar-refractivity contribution in [3.63, 3.8) is 0 Å². The SMILES string of the molecule is O=C1OC2C(I)C3CCC2C1C3. The van der Waals surface area contributed by atoms with Crippen LogP contribution in [0.5, 0.6) is 0 Å². The highest BCUT2D eigenvalue weighted by Gasteiger charge is 2.57. The molecule has 5 unspecified atom stereocenters. The van der Waals surface area contributed by atoms with Gasteiger partial charge >= 0.3 is 5.97 Å². The maximum Gasteiger partial charge on any atom is 0.309 e. The third kappa shape index (κ3) is 0.783. The minimum absolute atomic E-state index is 0.0915. The first-order valence-electron chi connectivity index (χ1n) is 4.62. The Morgan fingerprint density at radius 1 is 1.42 bits per heavy atom. The fourth-order valence-electron chi connectivity index (χ4n) is 3.06. The van der Waals surface area contributed by atoms with E-state index in [1.807, 2.05) is 0 Å². The van der Waals surface area contributed by atoms with E-state index in [-0.39, 0.29) is 18.0 Å². The number of alkyl halides is 1. The standard InChI is InChI=1S/C9H11IO2/c10-7-4-1-2-5-6(3-4)9(11)12-8(5)7/h4-8H,1-3H2. The van der Waals surface area contributed by atoms with Gasteiger partial charge in [0.15, 0.2) is 0 Å². The molecule has 1 saturated heterocycles. The Balaban J connectivity index is 2.00.